The lowest BCUT2D eigenvalue weighted by Crippen LogP contribution is -2.25. The molecule has 2 nitrogen and oxygen atoms in total. The molecular formula is C9H15F3O2S. The van der Waals surface area contributed by atoms with E-state index in [0.717, 1.165) is 11.8 Å². The van der Waals surface area contributed by atoms with Crippen molar-refractivity contribution in [3.8, 4) is 0 Å². The van der Waals surface area contributed by atoms with Crippen LogP contribution < -0.4 is 0 Å². The Labute approximate surface area is 91.6 Å². The van der Waals surface area contributed by atoms with Crippen molar-refractivity contribution in [2.75, 3.05) is 11.5 Å². The molecule has 0 unspecified atom stereocenters. The maximum atomic E-state index is 11.7. The average molecular weight is 244 g/mol. The fraction of sp³-hybridized carbons (Fsp3) is 0.889. The van der Waals surface area contributed by atoms with Crippen molar-refractivity contribution in [3.05, 3.63) is 0 Å². The van der Waals surface area contributed by atoms with Crippen LogP contribution >= 0.6 is 11.8 Å². The summed E-state index contributed by atoms with van der Waals surface area (Å²) in [6.07, 6.45) is -5.03. The largest absolute Gasteiger partial charge is 0.459 e. The number of hydrogen-bond acceptors (Lipinski definition) is 3. The molecule has 0 bridgehead atoms. The molecule has 0 amide bonds. The zero-order valence-corrected chi connectivity index (χ0v) is 9.80. The molecule has 6 heteroatoms. The van der Waals surface area contributed by atoms with E-state index in [0.29, 0.717) is 0 Å². The third kappa shape index (κ3) is 11.5. The van der Waals surface area contributed by atoms with Gasteiger partial charge in [0.2, 0.25) is 0 Å². The van der Waals surface area contributed by atoms with E-state index in [1.165, 1.54) is 0 Å². The number of rotatable bonds is 4. The maximum absolute atomic E-state index is 11.7. The van der Waals surface area contributed by atoms with Gasteiger partial charge < -0.3 is 4.74 Å². The number of thioether (sulfide) groups is 1. The smallest absolute Gasteiger partial charge is 0.389 e. The van der Waals surface area contributed by atoms with Crippen molar-refractivity contribution < 1.29 is 22.7 Å². The Morgan fingerprint density at radius 1 is 1.27 bits per heavy atom. The van der Waals surface area contributed by atoms with E-state index in [1.807, 2.05) is 0 Å². The fourth-order valence-corrected chi connectivity index (χ4v) is 1.46. The first kappa shape index (κ1) is 14.6. The summed E-state index contributed by atoms with van der Waals surface area (Å²) in [7, 11) is 0. The van der Waals surface area contributed by atoms with Crippen LogP contribution in [0.5, 0.6) is 0 Å². The Morgan fingerprint density at radius 3 is 2.20 bits per heavy atom. The molecule has 0 aliphatic rings. The van der Waals surface area contributed by atoms with E-state index >= 15 is 0 Å². The van der Waals surface area contributed by atoms with E-state index in [2.05, 4.69) is 0 Å². The Morgan fingerprint density at radius 2 is 1.80 bits per heavy atom. The fourth-order valence-electron chi connectivity index (χ4n) is 0.714. The predicted octanol–water partition coefficient (Wildman–Crippen LogP) is 3.01. The van der Waals surface area contributed by atoms with Gasteiger partial charge in [0, 0.05) is 5.75 Å². The number of carbonyl (C=O) groups is 1. The third-order valence-electron chi connectivity index (χ3n) is 1.17. The highest BCUT2D eigenvalue weighted by Gasteiger charge is 2.26. The monoisotopic (exact) mass is 244 g/mol. The van der Waals surface area contributed by atoms with Crippen molar-refractivity contribution in [1.29, 1.82) is 0 Å². The van der Waals surface area contributed by atoms with Crippen LogP contribution in [-0.2, 0) is 9.53 Å². The van der Waals surface area contributed by atoms with E-state index in [-0.39, 0.29) is 11.5 Å². The van der Waals surface area contributed by atoms with Crippen LogP contribution in [0.3, 0.4) is 0 Å². The Hall–Kier alpha value is -0.390. The summed E-state index contributed by atoms with van der Waals surface area (Å²) in [6, 6.07) is 0. The quantitative estimate of drug-likeness (QED) is 0.561. The minimum Gasteiger partial charge on any atom is -0.459 e. The zero-order valence-electron chi connectivity index (χ0n) is 8.98. The standard InChI is InChI=1S/C9H15F3O2S/c1-8(2,3)14-7(13)6-15-5-4-9(10,11)12/h4-6H2,1-3H3. The molecule has 90 valence electrons. The van der Waals surface area contributed by atoms with E-state index in [1.54, 1.807) is 20.8 Å². The first-order valence-electron chi connectivity index (χ1n) is 4.46. The molecule has 0 saturated heterocycles. The van der Waals surface area contributed by atoms with Crippen LogP contribution in [0.4, 0.5) is 13.2 Å². The van der Waals surface area contributed by atoms with Crippen molar-refractivity contribution >= 4 is 17.7 Å². The highest BCUT2D eigenvalue weighted by molar-refractivity contribution is 7.99. The van der Waals surface area contributed by atoms with Gasteiger partial charge in [-0.2, -0.15) is 13.2 Å². The molecule has 0 radical (unpaired) electrons. The summed E-state index contributed by atoms with van der Waals surface area (Å²) in [5, 5.41) is 0. The summed E-state index contributed by atoms with van der Waals surface area (Å²) >= 11 is 0.934. The second-order valence-electron chi connectivity index (χ2n) is 4.00. The van der Waals surface area contributed by atoms with Gasteiger partial charge in [-0.25, -0.2) is 0 Å². The molecule has 15 heavy (non-hydrogen) atoms. The van der Waals surface area contributed by atoms with E-state index in [9.17, 15) is 18.0 Å². The van der Waals surface area contributed by atoms with Gasteiger partial charge in [0.15, 0.2) is 0 Å². The first-order valence-corrected chi connectivity index (χ1v) is 5.62. The van der Waals surface area contributed by atoms with Gasteiger partial charge in [0.05, 0.1) is 12.2 Å². The van der Waals surface area contributed by atoms with Gasteiger partial charge in [-0.3, -0.25) is 4.79 Å². The lowest BCUT2D eigenvalue weighted by atomic mass is 10.2. The number of hydrogen-bond donors (Lipinski definition) is 0. The highest BCUT2D eigenvalue weighted by atomic mass is 32.2. The van der Waals surface area contributed by atoms with Gasteiger partial charge in [0.25, 0.3) is 0 Å². The van der Waals surface area contributed by atoms with E-state index < -0.39 is 24.2 Å². The second kappa shape index (κ2) is 5.63. The Bertz CT molecular complexity index is 208. The van der Waals surface area contributed by atoms with Crippen LogP contribution in [0.1, 0.15) is 27.2 Å². The first-order chi connectivity index (χ1) is 6.60. The van der Waals surface area contributed by atoms with Gasteiger partial charge in [-0.15, -0.1) is 11.8 Å². The summed E-state index contributed by atoms with van der Waals surface area (Å²) in [5.41, 5.74) is -0.582. The minimum atomic E-state index is -4.15. The van der Waals surface area contributed by atoms with Gasteiger partial charge in [-0.05, 0) is 20.8 Å². The molecule has 0 aromatic heterocycles. The molecule has 0 atom stereocenters. The summed E-state index contributed by atoms with van der Waals surface area (Å²) < 4.78 is 40.1. The van der Waals surface area contributed by atoms with Crippen LogP contribution in [-0.4, -0.2) is 29.3 Å². The summed E-state index contributed by atoms with van der Waals surface area (Å²) in [6.45, 7) is 5.14. The predicted molar refractivity (Wildman–Crippen MR) is 53.8 cm³/mol. The number of esters is 1. The molecule has 0 N–H and O–H groups in total. The molecule has 0 spiro atoms. The van der Waals surface area contributed by atoms with Crippen molar-refractivity contribution in [2.24, 2.45) is 0 Å². The van der Waals surface area contributed by atoms with Crippen molar-refractivity contribution in [2.45, 2.75) is 39.0 Å². The van der Waals surface area contributed by atoms with Gasteiger partial charge in [0.1, 0.15) is 5.60 Å². The van der Waals surface area contributed by atoms with Crippen LogP contribution in [0, 0.1) is 0 Å². The maximum Gasteiger partial charge on any atom is 0.389 e. The normalized spacial score (nSPS) is 12.7. The summed E-state index contributed by atoms with van der Waals surface area (Å²) in [5.74, 6) is -0.620. The molecule has 0 fully saturated rings. The third-order valence-corrected chi connectivity index (χ3v) is 2.10. The molecule has 0 heterocycles. The molecule has 0 saturated carbocycles. The molecule has 0 aromatic rings. The van der Waals surface area contributed by atoms with Crippen LogP contribution in [0.25, 0.3) is 0 Å². The Kier molecular flexibility index (Phi) is 5.48. The van der Waals surface area contributed by atoms with Gasteiger partial charge in [-0.1, -0.05) is 0 Å². The zero-order chi connectivity index (χ0) is 12.1. The molecule has 0 aliphatic carbocycles. The molecule has 0 aliphatic heterocycles. The number of halogens is 3. The second-order valence-corrected chi connectivity index (χ2v) is 5.11. The molecular weight excluding hydrogens is 229 g/mol. The number of alkyl halides is 3. The lowest BCUT2D eigenvalue weighted by molar-refractivity contribution is -0.151. The number of ether oxygens (including phenoxy) is 1. The topological polar surface area (TPSA) is 26.3 Å². The van der Waals surface area contributed by atoms with Crippen molar-refractivity contribution in [3.63, 3.8) is 0 Å². The summed E-state index contributed by atoms with van der Waals surface area (Å²) in [4.78, 5) is 11.1. The van der Waals surface area contributed by atoms with Crippen LogP contribution in [0.15, 0.2) is 0 Å². The van der Waals surface area contributed by atoms with Gasteiger partial charge >= 0.3 is 12.1 Å². The number of carbonyl (C=O) groups excluding carboxylic acids is 1. The minimum absolute atomic E-state index is 0.0344. The van der Waals surface area contributed by atoms with E-state index in [4.69, 9.17) is 4.74 Å². The lowest BCUT2D eigenvalue weighted by Gasteiger charge is -2.19. The SMILES string of the molecule is CC(C)(C)OC(=O)CSCCC(F)(F)F. The average Bonchev–Trinajstić information content (AvgIpc) is 1.92. The van der Waals surface area contributed by atoms with Crippen LogP contribution in [0.2, 0.25) is 0 Å². The van der Waals surface area contributed by atoms with Crippen molar-refractivity contribution in [1.82, 2.24) is 0 Å². The Balaban J connectivity index is 3.57. The molecule has 0 rings (SSSR count). The highest BCUT2D eigenvalue weighted by Crippen LogP contribution is 2.22. The molecule has 0 aromatic carbocycles.